The largest absolute Gasteiger partial charge is 0.485 e. The summed E-state index contributed by atoms with van der Waals surface area (Å²) < 4.78 is 5.49. The molecule has 0 unspecified atom stereocenters. The van der Waals surface area contributed by atoms with Crippen molar-refractivity contribution in [2.24, 2.45) is 0 Å². The number of ether oxygens (including phenoxy) is 1. The second-order valence-corrected chi connectivity index (χ2v) is 3.74. The average Bonchev–Trinajstić information content (AvgIpc) is 2.49. The Labute approximate surface area is 93.8 Å². The van der Waals surface area contributed by atoms with Crippen LogP contribution >= 0.6 is 0 Å². The van der Waals surface area contributed by atoms with Crippen LogP contribution in [-0.2, 0) is 6.54 Å². The Bertz CT molecular complexity index is 406. The van der Waals surface area contributed by atoms with Gasteiger partial charge in [-0.15, -0.1) is 0 Å². The van der Waals surface area contributed by atoms with Crippen LogP contribution < -0.4 is 4.74 Å². The highest BCUT2D eigenvalue weighted by Crippen LogP contribution is 2.32. The third kappa shape index (κ3) is 1.99. The van der Waals surface area contributed by atoms with Crippen molar-refractivity contribution in [1.29, 1.82) is 0 Å². The molecule has 2 rings (SSSR count). The van der Waals surface area contributed by atoms with Gasteiger partial charge >= 0.3 is 5.69 Å². The summed E-state index contributed by atoms with van der Waals surface area (Å²) in [7, 11) is 0. The van der Waals surface area contributed by atoms with E-state index in [1.807, 2.05) is 6.07 Å². The maximum atomic E-state index is 10.8. The molecule has 1 aliphatic rings. The van der Waals surface area contributed by atoms with E-state index >= 15 is 0 Å². The molecule has 0 saturated heterocycles. The molecule has 0 amide bonds. The monoisotopic (exact) mass is 222 g/mol. The van der Waals surface area contributed by atoms with Gasteiger partial charge in [-0.05, 0) is 6.54 Å². The summed E-state index contributed by atoms with van der Waals surface area (Å²) in [5.41, 5.74) is 0.962. The van der Waals surface area contributed by atoms with Crippen LogP contribution in [0.5, 0.6) is 5.75 Å². The molecule has 0 spiro atoms. The van der Waals surface area contributed by atoms with Gasteiger partial charge in [0.25, 0.3) is 0 Å². The number of fused-ring (bicyclic) bond motifs is 1. The first-order valence-electron chi connectivity index (χ1n) is 5.33. The molecule has 1 heterocycles. The van der Waals surface area contributed by atoms with Gasteiger partial charge in [-0.2, -0.15) is 0 Å². The lowest BCUT2D eigenvalue weighted by Gasteiger charge is -2.15. The molecule has 0 radical (unpaired) electrons. The molecular formula is C11H14N2O3. The Balaban J connectivity index is 2.39. The molecule has 16 heavy (non-hydrogen) atoms. The molecule has 0 fully saturated rings. The van der Waals surface area contributed by atoms with Crippen LogP contribution in [0.2, 0.25) is 0 Å². The SMILES string of the molecule is CCN1CCOc2c(cccc2[N+](=O)[O-])C1. The Morgan fingerprint density at radius 2 is 2.38 bits per heavy atom. The maximum Gasteiger partial charge on any atom is 0.311 e. The van der Waals surface area contributed by atoms with E-state index in [1.54, 1.807) is 6.07 Å². The van der Waals surface area contributed by atoms with Gasteiger partial charge in [-0.25, -0.2) is 0 Å². The summed E-state index contributed by atoms with van der Waals surface area (Å²) in [5, 5.41) is 10.8. The molecule has 0 atom stereocenters. The molecular weight excluding hydrogens is 208 g/mol. The van der Waals surface area contributed by atoms with E-state index in [1.165, 1.54) is 6.07 Å². The fourth-order valence-corrected chi connectivity index (χ4v) is 1.87. The molecule has 1 aliphatic heterocycles. The number of para-hydroxylation sites is 1. The van der Waals surface area contributed by atoms with Crippen LogP contribution in [0.25, 0.3) is 0 Å². The number of nitro benzene ring substituents is 1. The summed E-state index contributed by atoms with van der Waals surface area (Å²) in [6, 6.07) is 5.08. The lowest BCUT2D eigenvalue weighted by atomic mass is 10.1. The minimum absolute atomic E-state index is 0.0652. The van der Waals surface area contributed by atoms with E-state index in [-0.39, 0.29) is 10.6 Å². The summed E-state index contributed by atoms with van der Waals surface area (Å²) in [4.78, 5) is 12.7. The second kappa shape index (κ2) is 4.49. The number of benzene rings is 1. The van der Waals surface area contributed by atoms with Crippen molar-refractivity contribution in [1.82, 2.24) is 4.90 Å². The van der Waals surface area contributed by atoms with Crippen molar-refractivity contribution in [3.8, 4) is 5.75 Å². The molecule has 0 N–H and O–H groups in total. The van der Waals surface area contributed by atoms with Crippen molar-refractivity contribution in [3.05, 3.63) is 33.9 Å². The Hall–Kier alpha value is -1.62. The first-order valence-corrected chi connectivity index (χ1v) is 5.33. The number of rotatable bonds is 2. The lowest BCUT2D eigenvalue weighted by Crippen LogP contribution is -2.25. The van der Waals surface area contributed by atoms with E-state index in [9.17, 15) is 10.1 Å². The van der Waals surface area contributed by atoms with Crippen LogP contribution in [0.15, 0.2) is 18.2 Å². The predicted molar refractivity (Wildman–Crippen MR) is 59.5 cm³/mol. The smallest absolute Gasteiger partial charge is 0.311 e. The first-order chi connectivity index (χ1) is 7.72. The second-order valence-electron chi connectivity index (χ2n) is 3.74. The van der Waals surface area contributed by atoms with Crippen LogP contribution in [0.1, 0.15) is 12.5 Å². The minimum atomic E-state index is -0.388. The third-order valence-corrected chi connectivity index (χ3v) is 2.77. The van der Waals surface area contributed by atoms with Crippen molar-refractivity contribution in [2.45, 2.75) is 13.5 Å². The molecule has 1 aromatic rings. The summed E-state index contributed by atoms with van der Waals surface area (Å²) in [5.74, 6) is 0.434. The Morgan fingerprint density at radius 1 is 1.56 bits per heavy atom. The highest BCUT2D eigenvalue weighted by molar-refractivity contribution is 5.52. The molecule has 5 heteroatoms. The van der Waals surface area contributed by atoms with Crippen molar-refractivity contribution < 1.29 is 9.66 Å². The van der Waals surface area contributed by atoms with E-state index in [0.717, 1.165) is 18.7 Å². The molecule has 86 valence electrons. The van der Waals surface area contributed by atoms with E-state index < -0.39 is 0 Å². The maximum absolute atomic E-state index is 10.8. The van der Waals surface area contributed by atoms with Gasteiger partial charge in [0.15, 0.2) is 0 Å². The Kier molecular flexibility index (Phi) is 3.05. The van der Waals surface area contributed by atoms with Gasteiger partial charge in [-0.1, -0.05) is 19.1 Å². The van der Waals surface area contributed by atoms with E-state index in [0.29, 0.717) is 18.9 Å². The minimum Gasteiger partial charge on any atom is -0.485 e. The molecule has 0 aromatic heterocycles. The Morgan fingerprint density at radius 3 is 3.06 bits per heavy atom. The topological polar surface area (TPSA) is 55.6 Å². The van der Waals surface area contributed by atoms with Crippen LogP contribution in [0, 0.1) is 10.1 Å². The average molecular weight is 222 g/mol. The zero-order chi connectivity index (χ0) is 11.5. The summed E-state index contributed by atoms with van der Waals surface area (Å²) in [6.07, 6.45) is 0. The fourth-order valence-electron chi connectivity index (χ4n) is 1.87. The standard InChI is InChI=1S/C11H14N2O3/c1-2-12-6-7-16-11-9(8-12)4-3-5-10(11)13(14)15/h3-5H,2,6-8H2,1H3. The van der Waals surface area contributed by atoms with Gasteiger partial charge in [0.05, 0.1) is 4.92 Å². The van der Waals surface area contributed by atoms with Crippen molar-refractivity contribution in [3.63, 3.8) is 0 Å². The first kappa shape index (κ1) is 10.9. The fraction of sp³-hybridized carbons (Fsp3) is 0.455. The van der Waals surface area contributed by atoms with Gasteiger partial charge in [0.1, 0.15) is 6.61 Å². The summed E-state index contributed by atoms with van der Waals surface area (Å²) >= 11 is 0. The molecule has 5 nitrogen and oxygen atoms in total. The van der Waals surface area contributed by atoms with Gasteiger partial charge in [-0.3, -0.25) is 15.0 Å². The predicted octanol–water partition coefficient (Wildman–Crippen LogP) is 1.81. The number of likely N-dealkylation sites (N-methyl/N-ethyl adjacent to an activating group) is 1. The highest BCUT2D eigenvalue weighted by atomic mass is 16.6. The van der Waals surface area contributed by atoms with Crippen LogP contribution in [0.3, 0.4) is 0 Å². The van der Waals surface area contributed by atoms with E-state index in [2.05, 4.69) is 11.8 Å². The molecule has 1 aromatic carbocycles. The normalized spacial score (nSPS) is 16.1. The highest BCUT2D eigenvalue weighted by Gasteiger charge is 2.22. The van der Waals surface area contributed by atoms with Gasteiger partial charge in [0, 0.05) is 24.7 Å². The van der Waals surface area contributed by atoms with Crippen molar-refractivity contribution in [2.75, 3.05) is 19.7 Å². The van der Waals surface area contributed by atoms with Crippen LogP contribution in [0.4, 0.5) is 5.69 Å². The van der Waals surface area contributed by atoms with Crippen LogP contribution in [-0.4, -0.2) is 29.5 Å². The summed E-state index contributed by atoms with van der Waals surface area (Å²) in [6.45, 7) is 5.02. The number of hydrogen-bond acceptors (Lipinski definition) is 4. The zero-order valence-electron chi connectivity index (χ0n) is 9.18. The molecule has 0 bridgehead atoms. The van der Waals surface area contributed by atoms with Gasteiger partial charge in [0.2, 0.25) is 5.75 Å². The van der Waals surface area contributed by atoms with E-state index in [4.69, 9.17) is 4.74 Å². The zero-order valence-corrected chi connectivity index (χ0v) is 9.18. The number of nitro groups is 1. The molecule has 0 saturated carbocycles. The number of nitrogens with zero attached hydrogens (tertiary/aromatic N) is 2. The molecule has 0 aliphatic carbocycles. The number of hydrogen-bond donors (Lipinski definition) is 0. The third-order valence-electron chi connectivity index (χ3n) is 2.77. The van der Waals surface area contributed by atoms with Gasteiger partial charge < -0.3 is 4.74 Å². The lowest BCUT2D eigenvalue weighted by molar-refractivity contribution is -0.385. The van der Waals surface area contributed by atoms with Crippen molar-refractivity contribution >= 4 is 5.69 Å². The quantitative estimate of drug-likeness (QED) is 0.565.